The Bertz CT molecular complexity index is 1150. The molecule has 0 saturated carbocycles. The Hall–Kier alpha value is -3.87. The van der Waals surface area contributed by atoms with Crippen molar-refractivity contribution in [3.05, 3.63) is 90.1 Å². The molecule has 0 unspecified atom stereocenters. The van der Waals surface area contributed by atoms with E-state index in [4.69, 9.17) is 4.74 Å². The van der Waals surface area contributed by atoms with Crippen LogP contribution >= 0.6 is 0 Å². The van der Waals surface area contributed by atoms with Crippen LogP contribution in [0.15, 0.2) is 73.1 Å². The number of carbonyl (C=O) groups excluding carboxylic acids is 1. The number of benzene rings is 2. The second kappa shape index (κ2) is 7.63. The number of nitrogens with one attached hydrogen (secondary N) is 1. The standard InChI is InChI=1S/C22H19FN4O2/c1-15-20(21(28)24-17-6-5-7-19(14-17)29-2)22(26-12-3-4-13-26)27(25-15)18-10-8-16(23)9-11-18/h3-14H,1-2H3,(H,24,28). The van der Waals surface area contributed by atoms with Crippen molar-refractivity contribution in [2.75, 3.05) is 12.4 Å². The van der Waals surface area contributed by atoms with Gasteiger partial charge in [-0.15, -0.1) is 0 Å². The third-order valence-electron chi connectivity index (χ3n) is 4.51. The molecule has 0 aliphatic rings. The van der Waals surface area contributed by atoms with Crippen LogP contribution in [-0.4, -0.2) is 27.4 Å². The zero-order valence-electron chi connectivity index (χ0n) is 16.0. The van der Waals surface area contributed by atoms with Gasteiger partial charge in [-0.2, -0.15) is 5.10 Å². The molecule has 0 saturated heterocycles. The first kappa shape index (κ1) is 18.5. The van der Waals surface area contributed by atoms with Crippen LogP contribution in [0.4, 0.5) is 10.1 Å². The highest BCUT2D eigenvalue weighted by Crippen LogP contribution is 2.25. The first-order chi connectivity index (χ1) is 14.1. The van der Waals surface area contributed by atoms with Crippen molar-refractivity contribution >= 4 is 11.6 Å². The molecular weight excluding hydrogens is 371 g/mol. The van der Waals surface area contributed by atoms with Gasteiger partial charge in [-0.05, 0) is 55.5 Å². The van der Waals surface area contributed by atoms with Gasteiger partial charge in [0.2, 0.25) is 0 Å². The fraction of sp³-hybridized carbons (Fsp3) is 0.0909. The van der Waals surface area contributed by atoms with Gasteiger partial charge in [-0.1, -0.05) is 6.07 Å². The van der Waals surface area contributed by atoms with Crippen molar-refractivity contribution in [1.29, 1.82) is 0 Å². The minimum atomic E-state index is -0.337. The Morgan fingerprint density at radius 3 is 2.48 bits per heavy atom. The Morgan fingerprint density at radius 1 is 1.07 bits per heavy atom. The smallest absolute Gasteiger partial charge is 0.261 e. The number of rotatable bonds is 5. The van der Waals surface area contributed by atoms with Crippen LogP contribution in [0.1, 0.15) is 16.1 Å². The van der Waals surface area contributed by atoms with E-state index < -0.39 is 0 Å². The highest BCUT2D eigenvalue weighted by molar-refractivity contribution is 6.07. The highest BCUT2D eigenvalue weighted by atomic mass is 19.1. The van der Waals surface area contributed by atoms with Crippen molar-refractivity contribution < 1.29 is 13.9 Å². The molecule has 0 fully saturated rings. The minimum Gasteiger partial charge on any atom is -0.497 e. The number of nitrogens with zero attached hydrogens (tertiary/aromatic N) is 3. The summed E-state index contributed by atoms with van der Waals surface area (Å²) in [5.41, 5.74) is 2.24. The van der Waals surface area contributed by atoms with Crippen molar-refractivity contribution in [2.24, 2.45) is 0 Å². The predicted molar refractivity (Wildman–Crippen MR) is 109 cm³/mol. The van der Waals surface area contributed by atoms with Crippen molar-refractivity contribution in [3.8, 4) is 17.3 Å². The minimum absolute atomic E-state index is 0.298. The van der Waals surface area contributed by atoms with E-state index >= 15 is 0 Å². The molecule has 29 heavy (non-hydrogen) atoms. The van der Waals surface area contributed by atoms with Crippen LogP contribution in [-0.2, 0) is 0 Å². The molecule has 0 radical (unpaired) electrons. The molecule has 2 heterocycles. The number of methoxy groups -OCH3 is 1. The van der Waals surface area contributed by atoms with E-state index in [2.05, 4.69) is 10.4 Å². The SMILES string of the molecule is COc1cccc(NC(=O)c2c(C)nn(-c3ccc(F)cc3)c2-n2cccc2)c1. The van der Waals surface area contributed by atoms with E-state index in [-0.39, 0.29) is 11.7 Å². The van der Waals surface area contributed by atoms with Crippen LogP contribution in [0.3, 0.4) is 0 Å². The molecule has 2 aromatic carbocycles. The number of anilines is 1. The van der Waals surface area contributed by atoms with Gasteiger partial charge in [0.05, 0.1) is 18.5 Å². The number of hydrogen-bond acceptors (Lipinski definition) is 3. The van der Waals surface area contributed by atoms with Gasteiger partial charge in [0.25, 0.3) is 5.91 Å². The molecule has 2 aromatic heterocycles. The van der Waals surface area contributed by atoms with Gasteiger partial charge in [0, 0.05) is 24.1 Å². The molecule has 4 rings (SSSR count). The van der Waals surface area contributed by atoms with Crippen LogP contribution < -0.4 is 10.1 Å². The van der Waals surface area contributed by atoms with Gasteiger partial charge in [-0.25, -0.2) is 9.07 Å². The molecule has 6 nitrogen and oxygen atoms in total. The maximum Gasteiger partial charge on any atom is 0.261 e. The van der Waals surface area contributed by atoms with Crippen LogP contribution in [0, 0.1) is 12.7 Å². The van der Waals surface area contributed by atoms with Gasteiger partial charge in [0.15, 0.2) is 5.82 Å². The lowest BCUT2D eigenvalue weighted by atomic mass is 10.2. The van der Waals surface area contributed by atoms with E-state index in [1.807, 2.05) is 29.1 Å². The molecule has 0 atom stereocenters. The number of halogens is 1. The van der Waals surface area contributed by atoms with E-state index in [1.54, 1.807) is 55.1 Å². The Kier molecular flexibility index (Phi) is 4.87. The normalized spacial score (nSPS) is 10.7. The number of carbonyl (C=O) groups is 1. The summed E-state index contributed by atoms with van der Waals surface area (Å²) in [5.74, 6) is 0.579. The summed E-state index contributed by atoms with van der Waals surface area (Å²) in [5, 5.41) is 7.46. The molecule has 146 valence electrons. The Labute approximate surface area is 167 Å². The van der Waals surface area contributed by atoms with Crippen molar-refractivity contribution in [3.63, 3.8) is 0 Å². The number of hydrogen-bond donors (Lipinski definition) is 1. The van der Waals surface area contributed by atoms with Gasteiger partial charge < -0.3 is 14.6 Å². The van der Waals surface area contributed by atoms with Crippen molar-refractivity contribution in [2.45, 2.75) is 6.92 Å². The number of ether oxygens (including phenoxy) is 1. The van der Waals surface area contributed by atoms with Crippen LogP contribution in [0.5, 0.6) is 5.75 Å². The van der Waals surface area contributed by atoms with Crippen molar-refractivity contribution in [1.82, 2.24) is 14.3 Å². The first-order valence-electron chi connectivity index (χ1n) is 9.01. The molecular formula is C22H19FN4O2. The van der Waals surface area contributed by atoms with Gasteiger partial charge in [0.1, 0.15) is 17.1 Å². The molecule has 4 aromatic rings. The zero-order valence-corrected chi connectivity index (χ0v) is 16.0. The summed E-state index contributed by atoms with van der Waals surface area (Å²) in [7, 11) is 1.57. The average molecular weight is 390 g/mol. The monoisotopic (exact) mass is 390 g/mol. The molecule has 0 bridgehead atoms. The maximum atomic E-state index is 13.4. The summed E-state index contributed by atoms with van der Waals surface area (Å²) in [6.45, 7) is 1.77. The summed E-state index contributed by atoms with van der Waals surface area (Å²) in [4.78, 5) is 13.2. The van der Waals surface area contributed by atoms with E-state index in [0.29, 0.717) is 34.2 Å². The lowest BCUT2D eigenvalue weighted by molar-refractivity contribution is 0.102. The Balaban J connectivity index is 1.80. The number of aryl methyl sites for hydroxylation is 1. The largest absolute Gasteiger partial charge is 0.497 e. The lowest BCUT2D eigenvalue weighted by Crippen LogP contribution is -2.16. The fourth-order valence-corrected chi connectivity index (χ4v) is 3.15. The third kappa shape index (κ3) is 3.62. The average Bonchev–Trinajstić information content (AvgIpc) is 3.36. The summed E-state index contributed by atoms with van der Waals surface area (Å²) < 4.78 is 22.0. The topological polar surface area (TPSA) is 61.1 Å². The van der Waals surface area contributed by atoms with Gasteiger partial charge >= 0.3 is 0 Å². The number of amides is 1. The summed E-state index contributed by atoms with van der Waals surface area (Å²) >= 11 is 0. The molecule has 1 amide bonds. The quantitative estimate of drug-likeness (QED) is 0.550. The second-order valence-electron chi connectivity index (χ2n) is 6.45. The van der Waals surface area contributed by atoms with Gasteiger partial charge in [-0.3, -0.25) is 4.79 Å². The maximum absolute atomic E-state index is 13.4. The zero-order chi connectivity index (χ0) is 20.4. The van der Waals surface area contributed by atoms with E-state index in [0.717, 1.165) is 0 Å². The van der Waals surface area contributed by atoms with E-state index in [1.165, 1.54) is 12.1 Å². The highest BCUT2D eigenvalue weighted by Gasteiger charge is 2.24. The molecule has 1 N–H and O–H groups in total. The summed E-state index contributed by atoms with van der Waals surface area (Å²) in [6.07, 6.45) is 3.66. The fourth-order valence-electron chi connectivity index (χ4n) is 3.15. The first-order valence-corrected chi connectivity index (χ1v) is 9.01. The van der Waals surface area contributed by atoms with E-state index in [9.17, 15) is 9.18 Å². The second-order valence-corrected chi connectivity index (χ2v) is 6.45. The molecule has 7 heteroatoms. The molecule has 0 aliphatic heterocycles. The van der Waals surface area contributed by atoms with Crippen LogP contribution in [0.2, 0.25) is 0 Å². The Morgan fingerprint density at radius 2 is 1.79 bits per heavy atom. The molecule has 0 spiro atoms. The van der Waals surface area contributed by atoms with Crippen LogP contribution in [0.25, 0.3) is 11.5 Å². The third-order valence-corrected chi connectivity index (χ3v) is 4.51. The lowest BCUT2D eigenvalue weighted by Gasteiger charge is -2.12. The predicted octanol–water partition coefficient (Wildman–Crippen LogP) is 4.37. The molecule has 0 aliphatic carbocycles. The summed E-state index contributed by atoms with van der Waals surface area (Å²) in [6, 6.07) is 16.8. The number of aromatic nitrogens is 3.